The van der Waals surface area contributed by atoms with E-state index in [1.165, 1.54) is 7.11 Å². The largest absolute Gasteiger partial charge is 0.493 e. The first-order valence-electron chi connectivity index (χ1n) is 10.9. The van der Waals surface area contributed by atoms with Gasteiger partial charge >= 0.3 is 17.8 Å². The van der Waals surface area contributed by atoms with Crippen LogP contribution in [0.5, 0.6) is 11.5 Å². The summed E-state index contributed by atoms with van der Waals surface area (Å²) < 4.78 is 10.8. The summed E-state index contributed by atoms with van der Waals surface area (Å²) in [5, 5.41) is 6.58. The van der Waals surface area contributed by atoms with E-state index >= 15 is 0 Å². The molecule has 3 rings (SSSR count). The molecular formula is C27H27N3O5. The topological polar surface area (TPSA) is 106 Å². The fourth-order valence-electron chi connectivity index (χ4n) is 3.21. The number of methoxy groups -OCH3 is 1. The van der Waals surface area contributed by atoms with Gasteiger partial charge in [-0.15, -0.1) is 0 Å². The number of hydrogen-bond acceptors (Lipinski definition) is 6. The lowest BCUT2D eigenvalue weighted by atomic mass is 10.1. The Morgan fingerprint density at radius 2 is 1.43 bits per heavy atom. The second-order valence-electron chi connectivity index (χ2n) is 8.03. The summed E-state index contributed by atoms with van der Waals surface area (Å²) in [4.78, 5) is 36.9. The Hall–Kier alpha value is -4.46. The Balaban J connectivity index is 1.66. The number of ether oxygens (including phenoxy) is 2. The third-order valence-corrected chi connectivity index (χ3v) is 5.23. The van der Waals surface area contributed by atoms with E-state index in [1.807, 2.05) is 45.0 Å². The molecule has 8 heteroatoms. The molecule has 0 heterocycles. The summed E-state index contributed by atoms with van der Waals surface area (Å²) in [7, 11) is 1.45. The predicted molar refractivity (Wildman–Crippen MR) is 134 cm³/mol. The van der Waals surface area contributed by atoms with E-state index < -0.39 is 17.8 Å². The number of hydrazone groups is 1. The van der Waals surface area contributed by atoms with E-state index in [0.717, 1.165) is 16.7 Å². The summed E-state index contributed by atoms with van der Waals surface area (Å²) in [6.07, 6.45) is 0. The summed E-state index contributed by atoms with van der Waals surface area (Å²) in [6, 6.07) is 17.4. The first-order valence-corrected chi connectivity index (χ1v) is 10.9. The van der Waals surface area contributed by atoms with Crippen LogP contribution in [0.25, 0.3) is 0 Å². The van der Waals surface area contributed by atoms with Gasteiger partial charge in [0.05, 0.1) is 18.4 Å². The maximum atomic E-state index is 12.4. The summed E-state index contributed by atoms with van der Waals surface area (Å²) in [5.74, 6) is -1.68. The van der Waals surface area contributed by atoms with Gasteiger partial charge in [-0.05, 0) is 69.7 Å². The van der Waals surface area contributed by atoms with Crippen LogP contribution >= 0.6 is 0 Å². The lowest BCUT2D eigenvalue weighted by molar-refractivity contribution is -0.136. The molecule has 3 aromatic carbocycles. The molecule has 0 aromatic heterocycles. The van der Waals surface area contributed by atoms with Crippen LogP contribution in [0.15, 0.2) is 65.8 Å². The number of rotatable bonds is 6. The van der Waals surface area contributed by atoms with E-state index in [-0.39, 0.29) is 5.75 Å². The van der Waals surface area contributed by atoms with Crippen LogP contribution in [-0.4, -0.2) is 30.6 Å². The molecule has 0 radical (unpaired) electrons. The molecule has 3 aromatic rings. The highest BCUT2D eigenvalue weighted by atomic mass is 16.6. The number of nitrogens with zero attached hydrogens (tertiary/aromatic N) is 1. The zero-order chi connectivity index (χ0) is 25.5. The van der Waals surface area contributed by atoms with Gasteiger partial charge in [-0.1, -0.05) is 35.4 Å². The highest BCUT2D eigenvalue weighted by Gasteiger charge is 2.16. The molecule has 8 nitrogen and oxygen atoms in total. The fourth-order valence-corrected chi connectivity index (χ4v) is 3.21. The molecule has 0 bridgehead atoms. The summed E-state index contributed by atoms with van der Waals surface area (Å²) in [6.45, 7) is 7.38. The van der Waals surface area contributed by atoms with Crippen LogP contribution in [0, 0.1) is 20.8 Å². The van der Waals surface area contributed by atoms with Gasteiger partial charge in [0, 0.05) is 11.3 Å². The fraction of sp³-hybridized carbons (Fsp3) is 0.185. The van der Waals surface area contributed by atoms with Crippen molar-refractivity contribution in [2.45, 2.75) is 27.7 Å². The molecule has 35 heavy (non-hydrogen) atoms. The van der Waals surface area contributed by atoms with Crippen molar-refractivity contribution in [3.63, 3.8) is 0 Å². The maximum Gasteiger partial charge on any atom is 0.343 e. The van der Waals surface area contributed by atoms with Crippen LogP contribution in [0.4, 0.5) is 5.69 Å². The number of esters is 1. The van der Waals surface area contributed by atoms with Crippen LogP contribution in [-0.2, 0) is 9.59 Å². The van der Waals surface area contributed by atoms with Gasteiger partial charge in [0.15, 0.2) is 11.5 Å². The van der Waals surface area contributed by atoms with E-state index in [0.29, 0.717) is 28.3 Å². The van der Waals surface area contributed by atoms with Gasteiger partial charge in [0.2, 0.25) is 0 Å². The first kappa shape index (κ1) is 25.2. The number of benzene rings is 3. The third-order valence-electron chi connectivity index (χ3n) is 5.23. The molecule has 0 aliphatic rings. The highest BCUT2D eigenvalue weighted by molar-refractivity contribution is 6.39. The second-order valence-corrected chi connectivity index (χ2v) is 8.03. The molecular weight excluding hydrogens is 446 g/mol. The van der Waals surface area contributed by atoms with Crippen LogP contribution in [0.3, 0.4) is 0 Å². The molecule has 0 unspecified atom stereocenters. The average Bonchev–Trinajstić information content (AvgIpc) is 2.84. The first-order chi connectivity index (χ1) is 16.7. The van der Waals surface area contributed by atoms with Crippen molar-refractivity contribution in [1.82, 2.24) is 5.43 Å². The van der Waals surface area contributed by atoms with Crippen molar-refractivity contribution < 1.29 is 23.9 Å². The second kappa shape index (κ2) is 11.1. The van der Waals surface area contributed by atoms with Gasteiger partial charge in [-0.25, -0.2) is 10.2 Å². The highest BCUT2D eigenvalue weighted by Crippen LogP contribution is 2.29. The Kier molecular flexibility index (Phi) is 7.99. The molecule has 0 saturated carbocycles. The van der Waals surface area contributed by atoms with Gasteiger partial charge in [-0.3, -0.25) is 9.59 Å². The SMILES string of the molecule is COc1cc(C(C)=NNC(=O)C(=O)Nc2ccc(C)cc2C)ccc1OC(=O)c1ccc(C)cc1. The lowest BCUT2D eigenvalue weighted by Crippen LogP contribution is -2.33. The van der Waals surface area contributed by atoms with Crippen molar-refractivity contribution in [3.8, 4) is 11.5 Å². The molecule has 0 saturated heterocycles. The van der Waals surface area contributed by atoms with Crippen molar-refractivity contribution in [2.75, 3.05) is 12.4 Å². The molecule has 180 valence electrons. The molecule has 2 amide bonds. The van der Waals surface area contributed by atoms with Crippen LogP contribution in [0.1, 0.15) is 39.5 Å². The van der Waals surface area contributed by atoms with Gasteiger partial charge in [0.25, 0.3) is 0 Å². The molecule has 0 atom stereocenters. The number of carbonyl (C=O) groups is 3. The van der Waals surface area contributed by atoms with E-state index in [1.54, 1.807) is 43.3 Å². The minimum absolute atomic E-state index is 0.242. The molecule has 2 N–H and O–H groups in total. The Morgan fingerprint density at radius 1 is 0.771 bits per heavy atom. The van der Waals surface area contributed by atoms with Gasteiger partial charge in [0.1, 0.15) is 0 Å². The summed E-state index contributed by atoms with van der Waals surface area (Å²) >= 11 is 0. The quantitative estimate of drug-likeness (QED) is 0.182. The lowest BCUT2D eigenvalue weighted by Gasteiger charge is -2.11. The number of amides is 2. The number of nitrogens with one attached hydrogen (secondary N) is 2. The predicted octanol–water partition coefficient (Wildman–Crippen LogP) is 4.32. The van der Waals surface area contributed by atoms with E-state index in [9.17, 15) is 14.4 Å². The minimum atomic E-state index is -0.903. The van der Waals surface area contributed by atoms with Crippen molar-refractivity contribution in [2.24, 2.45) is 5.10 Å². The maximum absolute atomic E-state index is 12.4. The molecule has 0 aliphatic heterocycles. The number of hydrogen-bond donors (Lipinski definition) is 2. The summed E-state index contributed by atoms with van der Waals surface area (Å²) in [5.41, 5.74) is 7.19. The monoisotopic (exact) mass is 473 g/mol. The van der Waals surface area contributed by atoms with E-state index in [4.69, 9.17) is 9.47 Å². The van der Waals surface area contributed by atoms with Crippen molar-refractivity contribution in [1.29, 1.82) is 0 Å². The molecule has 0 fully saturated rings. The standard InChI is InChI=1S/C27H27N3O5/c1-16-6-9-20(10-7-16)27(33)35-23-13-11-21(15-24(23)34-5)19(4)29-30-26(32)25(31)28-22-12-8-17(2)14-18(22)3/h6-15H,1-5H3,(H,28,31)(H,30,32). The van der Waals surface area contributed by atoms with Gasteiger partial charge in [-0.2, -0.15) is 5.10 Å². The Bertz CT molecular complexity index is 1300. The minimum Gasteiger partial charge on any atom is -0.493 e. The third kappa shape index (κ3) is 6.54. The molecule has 0 aliphatic carbocycles. The molecule has 0 spiro atoms. The van der Waals surface area contributed by atoms with Crippen LogP contribution < -0.4 is 20.2 Å². The number of aryl methyl sites for hydroxylation is 3. The van der Waals surface area contributed by atoms with Crippen molar-refractivity contribution in [3.05, 3.63) is 88.5 Å². The van der Waals surface area contributed by atoms with Crippen molar-refractivity contribution >= 4 is 29.2 Å². The van der Waals surface area contributed by atoms with Gasteiger partial charge < -0.3 is 14.8 Å². The van der Waals surface area contributed by atoms with Crippen LogP contribution in [0.2, 0.25) is 0 Å². The smallest absolute Gasteiger partial charge is 0.343 e. The Morgan fingerprint density at radius 3 is 2.09 bits per heavy atom. The zero-order valence-electron chi connectivity index (χ0n) is 20.3. The Labute approximate surface area is 204 Å². The average molecular weight is 474 g/mol. The normalized spacial score (nSPS) is 10.9. The number of carbonyl (C=O) groups excluding carboxylic acids is 3. The number of anilines is 1. The van der Waals surface area contributed by atoms with E-state index in [2.05, 4.69) is 15.8 Å². The zero-order valence-corrected chi connectivity index (χ0v) is 20.3.